The SMILES string of the molecule is CC1CCN(CCCNC(=O)c2ccc3c(=O)n(C(C)C)c(=O)[nH]c3c2)CC1. The number of hydrogen-bond acceptors (Lipinski definition) is 4. The number of hydrogen-bond donors (Lipinski definition) is 2. The maximum atomic E-state index is 12.5. The molecular weight excluding hydrogens is 356 g/mol. The molecule has 152 valence electrons. The summed E-state index contributed by atoms with van der Waals surface area (Å²) in [5.74, 6) is 0.628. The van der Waals surface area contributed by atoms with E-state index in [0.717, 1.165) is 32.0 Å². The highest BCUT2D eigenvalue weighted by Gasteiger charge is 2.15. The van der Waals surface area contributed by atoms with Gasteiger partial charge in [-0.25, -0.2) is 4.79 Å². The Morgan fingerprint density at radius 1 is 1.25 bits per heavy atom. The van der Waals surface area contributed by atoms with Gasteiger partial charge in [0.15, 0.2) is 0 Å². The van der Waals surface area contributed by atoms with Crippen molar-refractivity contribution in [3.63, 3.8) is 0 Å². The Balaban J connectivity index is 1.62. The summed E-state index contributed by atoms with van der Waals surface area (Å²) in [6.07, 6.45) is 3.41. The second kappa shape index (κ2) is 8.73. The number of H-pyrrole nitrogens is 1. The molecule has 1 aromatic carbocycles. The number of amides is 1. The highest BCUT2D eigenvalue weighted by atomic mass is 16.2. The summed E-state index contributed by atoms with van der Waals surface area (Å²) in [4.78, 5) is 42.2. The molecule has 28 heavy (non-hydrogen) atoms. The average Bonchev–Trinajstić information content (AvgIpc) is 2.65. The van der Waals surface area contributed by atoms with Crippen molar-refractivity contribution < 1.29 is 4.79 Å². The zero-order valence-corrected chi connectivity index (χ0v) is 17.0. The predicted octanol–water partition coefficient (Wildman–Crippen LogP) is 2.12. The Hall–Kier alpha value is -2.41. The number of nitrogens with one attached hydrogen (secondary N) is 2. The summed E-state index contributed by atoms with van der Waals surface area (Å²) in [6.45, 7) is 9.75. The Kier molecular flexibility index (Phi) is 6.34. The van der Waals surface area contributed by atoms with Crippen molar-refractivity contribution in [2.24, 2.45) is 5.92 Å². The maximum absolute atomic E-state index is 12.5. The number of benzene rings is 1. The van der Waals surface area contributed by atoms with Crippen molar-refractivity contribution in [3.8, 4) is 0 Å². The molecule has 1 aromatic heterocycles. The minimum absolute atomic E-state index is 0.192. The highest BCUT2D eigenvalue weighted by molar-refractivity contribution is 5.97. The predicted molar refractivity (Wildman–Crippen MR) is 111 cm³/mol. The fraction of sp³-hybridized carbons (Fsp3) is 0.571. The van der Waals surface area contributed by atoms with E-state index in [4.69, 9.17) is 0 Å². The van der Waals surface area contributed by atoms with Gasteiger partial charge in [-0.05, 0) is 76.9 Å². The minimum atomic E-state index is -0.457. The van der Waals surface area contributed by atoms with E-state index in [2.05, 4.69) is 22.1 Å². The summed E-state index contributed by atoms with van der Waals surface area (Å²) in [5.41, 5.74) is 0.0381. The lowest BCUT2D eigenvalue weighted by Gasteiger charge is -2.30. The van der Waals surface area contributed by atoms with E-state index < -0.39 is 5.69 Å². The number of fused-ring (bicyclic) bond motifs is 1. The first kappa shape index (κ1) is 20.3. The van der Waals surface area contributed by atoms with Crippen LogP contribution in [0.3, 0.4) is 0 Å². The van der Waals surface area contributed by atoms with Crippen molar-refractivity contribution in [1.82, 2.24) is 19.8 Å². The summed E-state index contributed by atoms with van der Waals surface area (Å²) in [6, 6.07) is 4.58. The number of carbonyl (C=O) groups excluding carboxylic acids is 1. The summed E-state index contributed by atoms with van der Waals surface area (Å²) in [7, 11) is 0. The molecule has 0 bridgehead atoms. The molecule has 0 saturated carbocycles. The van der Waals surface area contributed by atoms with Crippen molar-refractivity contribution >= 4 is 16.8 Å². The molecule has 7 heteroatoms. The highest BCUT2D eigenvalue weighted by Crippen LogP contribution is 2.15. The van der Waals surface area contributed by atoms with Crippen LogP contribution in [0.2, 0.25) is 0 Å². The fourth-order valence-electron chi connectivity index (χ4n) is 3.73. The van der Waals surface area contributed by atoms with Gasteiger partial charge in [0.2, 0.25) is 0 Å². The topological polar surface area (TPSA) is 87.2 Å². The molecule has 7 nitrogen and oxygen atoms in total. The summed E-state index contributed by atoms with van der Waals surface area (Å²) >= 11 is 0. The monoisotopic (exact) mass is 386 g/mol. The van der Waals surface area contributed by atoms with Crippen LogP contribution in [-0.4, -0.2) is 46.5 Å². The lowest BCUT2D eigenvalue weighted by atomic mass is 9.99. The van der Waals surface area contributed by atoms with E-state index in [-0.39, 0.29) is 17.5 Å². The zero-order chi connectivity index (χ0) is 20.3. The van der Waals surface area contributed by atoms with Gasteiger partial charge in [0.05, 0.1) is 10.9 Å². The van der Waals surface area contributed by atoms with Crippen LogP contribution in [0, 0.1) is 5.92 Å². The molecule has 1 amide bonds. The maximum Gasteiger partial charge on any atom is 0.329 e. The second-order valence-corrected chi connectivity index (χ2v) is 8.09. The van der Waals surface area contributed by atoms with E-state index >= 15 is 0 Å². The Morgan fingerprint density at radius 3 is 2.64 bits per heavy atom. The molecule has 0 atom stereocenters. The van der Waals surface area contributed by atoms with Gasteiger partial charge < -0.3 is 15.2 Å². The normalized spacial score (nSPS) is 16.0. The second-order valence-electron chi connectivity index (χ2n) is 8.09. The van der Waals surface area contributed by atoms with Gasteiger partial charge >= 0.3 is 5.69 Å². The van der Waals surface area contributed by atoms with Crippen LogP contribution < -0.4 is 16.6 Å². The van der Waals surface area contributed by atoms with Gasteiger partial charge in [0, 0.05) is 18.2 Å². The molecule has 1 aliphatic heterocycles. The standard InChI is InChI=1S/C21H30N4O3/c1-14(2)25-20(27)17-6-5-16(13-18(17)23-21(25)28)19(26)22-9-4-10-24-11-7-15(3)8-12-24/h5-6,13-15H,4,7-12H2,1-3H3,(H,22,26)(H,23,28). The molecular formula is C21H30N4O3. The van der Waals surface area contributed by atoms with E-state index in [1.165, 1.54) is 17.4 Å². The molecule has 3 rings (SSSR count). The van der Waals surface area contributed by atoms with Crippen molar-refractivity contribution in [1.29, 1.82) is 0 Å². The Morgan fingerprint density at radius 2 is 1.96 bits per heavy atom. The molecule has 2 aromatic rings. The van der Waals surface area contributed by atoms with Crippen LogP contribution in [0.15, 0.2) is 27.8 Å². The third-order valence-electron chi connectivity index (χ3n) is 5.52. The third kappa shape index (κ3) is 4.52. The average molecular weight is 386 g/mol. The zero-order valence-electron chi connectivity index (χ0n) is 17.0. The molecule has 0 unspecified atom stereocenters. The van der Waals surface area contributed by atoms with E-state index in [1.807, 2.05) is 0 Å². The number of rotatable bonds is 6. The van der Waals surface area contributed by atoms with Gasteiger partial charge in [-0.1, -0.05) is 6.92 Å². The molecule has 0 radical (unpaired) electrons. The minimum Gasteiger partial charge on any atom is -0.352 e. The van der Waals surface area contributed by atoms with Crippen LogP contribution in [-0.2, 0) is 0 Å². The van der Waals surface area contributed by atoms with Crippen molar-refractivity contribution in [2.45, 2.75) is 46.1 Å². The molecule has 2 heterocycles. The number of likely N-dealkylation sites (tertiary alicyclic amines) is 1. The first-order chi connectivity index (χ1) is 13.4. The first-order valence-corrected chi connectivity index (χ1v) is 10.2. The van der Waals surface area contributed by atoms with Crippen LogP contribution in [0.4, 0.5) is 0 Å². The largest absolute Gasteiger partial charge is 0.352 e. The van der Waals surface area contributed by atoms with Gasteiger partial charge in [0.25, 0.3) is 11.5 Å². The molecule has 1 aliphatic rings. The fourth-order valence-corrected chi connectivity index (χ4v) is 3.73. The number of carbonyl (C=O) groups is 1. The van der Waals surface area contributed by atoms with Crippen molar-refractivity contribution in [2.75, 3.05) is 26.2 Å². The third-order valence-corrected chi connectivity index (χ3v) is 5.52. The molecule has 1 fully saturated rings. The van der Waals surface area contributed by atoms with E-state index in [0.29, 0.717) is 23.0 Å². The van der Waals surface area contributed by atoms with Crippen LogP contribution in [0.25, 0.3) is 10.9 Å². The number of aromatic nitrogens is 2. The number of aromatic amines is 1. The van der Waals surface area contributed by atoms with Gasteiger partial charge in [-0.15, -0.1) is 0 Å². The van der Waals surface area contributed by atoms with Crippen LogP contribution >= 0.6 is 0 Å². The van der Waals surface area contributed by atoms with Crippen molar-refractivity contribution in [3.05, 3.63) is 44.6 Å². The van der Waals surface area contributed by atoms with Gasteiger partial charge in [-0.2, -0.15) is 0 Å². The Bertz CT molecular complexity index is 952. The quantitative estimate of drug-likeness (QED) is 0.745. The smallest absolute Gasteiger partial charge is 0.329 e. The summed E-state index contributed by atoms with van der Waals surface area (Å²) in [5, 5.41) is 3.34. The van der Waals surface area contributed by atoms with Crippen LogP contribution in [0.1, 0.15) is 56.4 Å². The number of piperidine rings is 1. The van der Waals surface area contributed by atoms with E-state index in [9.17, 15) is 14.4 Å². The van der Waals surface area contributed by atoms with Gasteiger partial charge in [0.1, 0.15) is 0 Å². The van der Waals surface area contributed by atoms with E-state index in [1.54, 1.807) is 32.0 Å². The lowest BCUT2D eigenvalue weighted by molar-refractivity contribution is 0.0950. The summed E-state index contributed by atoms with van der Waals surface area (Å²) < 4.78 is 1.18. The number of nitrogens with zero attached hydrogens (tertiary/aromatic N) is 2. The molecule has 2 N–H and O–H groups in total. The molecule has 0 aliphatic carbocycles. The Labute approximate surface area is 164 Å². The first-order valence-electron chi connectivity index (χ1n) is 10.2. The molecule has 1 saturated heterocycles. The molecule has 0 spiro atoms. The lowest BCUT2D eigenvalue weighted by Crippen LogP contribution is -2.36. The van der Waals surface area contributed by atoms with Gasteiger partial charge in [-0.3, -0.25) is 14.2 Å². The van der Waals surface area contributed by atoms with Crippen LogP contribution in [0.5, 0.6) is 0 Å².